The number of benzene rings is 1. The summed E-state index contributed by atoms with van der Waals surface area (Å²) in [6.45, 7) is 0.334. The van der Waals surface area contributed by atoms with Gasteiger partial charge in [0.25, 0.3) is 0 Å². The first kappa shape index (κ1) is 16.7. The maximum Gasteiger partial charge on any atom is 0.336 e. The highest BCUT2D eigenvalue weighted by molar-refractivity contribution is 9.11. The molecule has 10 heteroatoms. The van der Waals surface area contributed by atoms with E-state index in [1.165, 1.54) is 11.3 Å². The first-order valence-corrected chi connectivity index (χ1v) is 9.33. The van der Waals surface area contributed by atoms with E-state index in [1.54, 1.807) is 24.5 Å². The van der Waals surface area contributed by atoms with Crippen LogP contribution in [0.1, 0.15) is 4.88 Å². The summed E-state index contributed by atoms with van der Waals surface area (Å²) in [7, 11) is 0. The second kappa shape index (κ2) is 7.20. The molecule has 3 aromatic rings. The number of aromatic nitrogens is 4. The van der Waals surface area contributed by atoms with Crippen molar-refractivity contribution in [1.82, 2.24) is 20.2 Å². The molecule has 0 saturated heterocycles. The van der Waals surface area contributed by atoms with Crippen LogP contribution in [0.15, 0.2) is 37.4 Å². The van der Waals surface area contributed by atoms with Gasteiger partial charge in [0.2, 0.25) is 0 Å². The molecule has 0 radical (unpaired) electrons. The van der Waals surface area contributed by atoms with Crippen LogP contribution in [0.4, 0.5) is 0 Å². The van der Waals surface area contributed by atoms with Gasteiger partial charge in [-0.3, -0.25) is 0 Å². The van der Waals surface area contributed by atoms with E-state index in [2.05, 4.69) is 68.0 Å². The van der Waals surface area contributed by atoms with Crippen molar-refractivity contribution >= 4 is 59.1 Å². The average Bonchev–Trinajstić information content (AvgIpc) is 2.96. The summed E-state index contributed by atoms with van der Waals surface area (Å²) in [4.78, 5) is 9.17. The van der Waals surface area contributed by atoms with Crippen LogP contribution in [0.25, 0.3) is 11.3 Å². The molecule has 2 aromatic heterocycles. The number of hydrogen-bond donors (Lipinski definition) is 1. The standard InChI is InChI=1S/C13H7Br3N4O2S/c14-8-1-6(2-9(15)11(8)21)10-4-18-13(20-19-10)22-5-7-3-17-12(16)23-7/h1-4,21H,5H2. The van der Waals surface area contributed by atoms with Gasteiger partial charge in [0, 0.05) is 11.8 Å². The van der Waals surface area contributed by atoms with Crippen molar-refractivity contribution in [2.24, 2.45) is 0 Å². The molecule has 23 heavy (non-hydrogen) atoms. The number of hydrogen-bond acceptors (Lipinski definition) is 7. The SMILES string of the molecule is Oc1c(Br)cc(-c2cnc(OCc3cnc(Br)s3)nn2)cc1Br. The van der Waals surface area contributed by atoms with E-state index in [1.807, 2.05) is 0 Å². The molecule has 0 fully saturated rings. The molecule has 0 saturated carbocycles. The predicted octanol–water partition coefficient (Wildman–Crippen LogP) is 4.57. The normalized spacial score (nSPS) is 10.7. The summed E-state index contributed by atoms with van der Waals surface area (Å²) in [6, 6.07) is 3.66. The first-order chi connectivity index (χ1) is 11.0. The Balaban J connectivity index is 1.74. The van der Waals surface area contributed by atoms with Gasteiger partial charge in [-0.05, 0) is 59.9 Å². The molecular weight excluding hydrogens is 516 g/mol. The van der Waals surface area contributed by atoms with Crippen molar-refractivity contribution in [3.63, 3.8) is 0 Å². The maximum atomic E-state index is 9.73. The van der Waals surface area contributed by atoms with Crippen LogP contribution < -0.4 is 4.74 Å². The first-order valence-electron chi connectivity index (χ1n) is 6.14. The molecule has 0 amide bonds. The molecule has 0 unspecified atom stereocenters. The summed E-state index contributed by atoms with van der Waals surface area (Å²) >= 11 is 11.3. The fourth-order valence-electron chi connectivity index (χ4n) is 1.66. The molecule has 0 atom stereocenters. The fourth-order valence-corrected chi connectivity index (χ4v) is 4.12. The van der Waals surface area contributed by atoms with E-state index >= 15 is 0 Å². The fraction of sp³-hybridized carbons (Fsp3) is 0.0769. The van der Waals surface area contributed by atoms with Crippen LogP contribution in [0.3, 0.4) is 0 Å². The Morgan fingerprint density at radius 2 is 1.78 bits per heavy atom. The smallest absolute Gasteiger partial charge is 0.336 e. The monoisotopic (exact) mass is 520 g/mol. The second-order valence-corrected chi connectivity index (χ2v) is 8.38. The number of phenolic OH excluding ortho intramolecular Hbond substituents is 1. The Hall–Kier alpha value is -1.10. The predicted molar refractivity (Wildman–Crippen MR) is 96.5 cm³/mol. The highest BCUT2D eigenvalue weighted by Crippen LogP contribution is 2.36. The number of aromatic hydroxyl groups is 1. The number of phenols is 1. The van der Waals surface area contributed by atoms with Gasteiger partial charge in [-0.1, -0.05) is 5.10 Å². The van der Waals surface area contributed by atoms with Crippen molar-refractivity contribution in [2.45, 2.75) is 6.61 Å². The lowest BCUT2D eigenvalue weighted by Gasteiger charge is -2.06. The van der Waals surface area contributed by atoms with E-state index < -0.39 is 0 Å². The van der Waals surface area contributed by atoms with Crippen LogP contribution in [0.2, 0.25) is 0 Å². The quantitative estimate of drug-likeness (QED) is 0.541. The molecule has 118 valence electrons. The Morgan fingerprint density at radius 1 is 1.04 bits per heavy atom. The van der Waals surface area contributed by atoms with Crippen LogP contribution in [0.5, 0.6) is 11.8 Å². The lowest BCUT2D eigenvalue weighted by molar-refractivity contribution is 0.279. The van der Waals surface area contributed by atoms with Crippen molar-refractivity contribution in [3.05, 3.63) is 42.3 Å². The van der Waals surface area contributed by atoms with Crippen LogP contribution in [-0.4, -0.2) is 25.3 Å². The lowest BCUT2D eigenvalue weighted by atomic mass is 10.1. The third-order valence-electron chi connectivity index (χ3n) is 2.72. The average molecular weight is 523 g/mol. The second-order valence-electron chi connectivity index (χ2n) is 4.28. The van der Waals surface area contributed by atoms with Crippen LogP contribution in [-0.2, 0) is 6.61 Å². The summed E-state index contributed by atoms with van der Waals surface area (Å²) in [5.41, 5.74) is 1.33. The van der Waals surface area contributed by atoms with E-state index in [4.69, 9.17) is 4.74 Å². The summed E-state index contributed by atoms with van der Waals surface area (Å²) < 4.78 is 7.38. The Bertz CT molecular complexity index is 818. The third-order valence-corrected chi connectivity index (χ3v) is 5.38. The molecule has 0 aliphatic carbocycles. The van der Waals surface area contributed by atoms with Gasteiger partial charge in [0.05, 0.1) is 20.0 Å². The van der Waals surface area contributed by atoms with Gasteiger partial charge < -0.3 is 9.84 Å². The zero-order valence-electron chi connectivity index (χ0n) is 11.2. The molecule has 3 rings (SSSR count). The van der Waals surface area contributed by atoms with Crippen molar-refractivity contribution in [2.75, 3.05) is 0 Å². The Labute approximate surface area is 160 Å². The topological polar surface area (TPSA) is 81.0 Å². The lowest BCUT2D eigenvalue weighted by Crippen LogP contribution is -2.00. The molecule has 0 spiro atoms. The Kier molecular flexibility index (Phi) is 5.24. The minimum atomic E-state index is 0.130. The summed E-state index contributed by atoms with van der Waals surface area (Å²) in [5, 5.41) is 17.8. The number of rotatable bonds is 4. The molecule has 2 heterocycles. The molecule has 0 bridgehead atoms. The van der Waals surface area contributed by atoms with E-state index in [9.17, 15) is 5.11 Å². The van der Waals surface area contributed by atoms with E-state index in [0.29, 0.717) is 21.2 Å². The van der Waals surface area contributed by atoms with Crippen molar-refractivity contribution in [3.8, 4) is 23.0 Å². The maximum absolute atomic E-state index is 9.73. The molecule has 6 nitrogen and oxygen atoms in total. The van der Waals surface area contributed by atoms with E-state index in [-0.39, 0.29) is 11.8 Å². The van der Waals surface area contributed by atoms with Crippen LogP contribution in [0, 0.1) is 0 Å². The Morgan fingerprint density at radius 3 is 2.35 bits per heavy atom. The number of halogens is 3. The number of thiazole rings is 1. The van der Waals surface area contributed by atoms with Gasteiger partial charge in [-0.15, -0.1) is 16.4 Å². The van der Waals surface area contributed by atoms with Crippen LogP contribution >= 0.6 is 59.1 Å². The number of ether oxygens (including phenoxy) is 1. The van der Waals surface area contributed by atoms with Crippen molar-refractivity contribution in [1.29, 1.82) is 0 Å². The van der Waals surface area contributed by atoms with Gasteiger partial charge in [0.15, 0.2) is 3.92 Å². The van der Waals surface area contributed by atoms with Gasteiger partial charge in [-0.2, -0.15) is 0 Å². The summed E-state index contributed by atoms with van der Waals surface area (Å²) in [5.74, 6) is 0.130. The van der Waals surface area contributed by atoms with Gasteiger partial charge in [-0.25, -0.2) is 9.97 Å². The summed E-state index contributed by atoms with van der Waals surface area (Å²) in [6.07, 6.45) is 3.29. The zero-order valence-corrected chi connectivity index (χ0v) is 16.8. The minimum absolute atomic E-state index is 0.130. The largest absolute Gasteiger partial charge is 0.506 e. The molecule has 1 N–H and O–H groups in total. The molecule has 0 aliphatic rings. The molecule has 1 aromatic carbocycles. The third kappa shape index (κ3) is 4.06. The van der Waals surface area contributed by atoms with E-state index in [0.717, 1.165) is 14.4 Å². The minimum Gasteiger partial charge on any atom is -0.506 e. The highest BCUT2D eigenvalue weighted by atomic mass is 79.9. The highest BCUT2D eigenvalue weighted by Gasteiger charge is 2.10. The molecule has 0 aliphatic heterocycles. The molecular formula is C13H7Br3N4O2S. The van der Waals surface area contributed by atoms with Gasteiger partial charge in [0.1, 0.15) is 18.1 Å². The zero-order chi connectivity index (χ0) is 16.4. The van der Waals surface area contributed by atoms with Gasteiger partial charge >= 0.3 is 6.01 Å². The number of nitrogens with zero attached hydrogens (tertiary/aromatic N) is 4. The van der Waals surface area contributed by atoms with Crippen molar-refractivity contribution < 1.29 is 9.84 Å².